The van der Waals surface area contributed by atoms with Crippen molar-refractivity contribution in [2.45, 2.75) is 78.7 Å². The number of carbonyl (C=O) groups is 1. The normalized spacial score (nSPS) is 19.1. The summed E-state index contributed by atoms with van der Waals surface area (Å²) in [7, 11) is 0. The molecule has 4 nitrogen and oxygen atoms in total. The van der Waals surface area contributed by atoms with Crippen LogP contribution in [0.4, 0.5) is 119 Å². The highest BCUT2D eigenvalue weighted by atomic mass is 19.4. The molecule has 0 spiro atoms. The fraction of sp³-hybridized carbons (Fsp3) is 0.929. The zero-order chi connectivity index (χ0) is 37.3. The zero-order valence-corrected chi connectivity index (χ0v) is 18.9. The van der Waals surface area contributed by atoms with E-state index in [-0.39, 0.29) is 0 Å². The highest BCUT2D eigenvalue weighted by Gasteiger charge is 2.86. The van der Waals surface area contributed by atoms with E-state index in [2.05, 4.69) is 0 Å². The molecule has 0 radical (unpaired) electrons. The van der Waals surface area contributed by atoms with Crippen LogP contribution in [0.5, 0.6) is 0 Å². The molecule has 0 aliphatic heterocycles. The molecule has 0 amide bonds. The number of hydrogen-bond acceptors (Lipinski definition) is 4. The molecule has 0 heterocycles. The maximum atomic E-state index is 14.2. The van der Waals surface area contributed by atoms with E-state index >= 15 is 0 Å². The van der Waals surface area contributed by atoms with Crippen molar-refractivity contribution in [3.63, 3.8) is 0 Å². The van der Waals surface area contributed by atoms with Crippen molar-refractivity contribution in [1.29, 1.82) is 0 Å². The maximum absolute atomic E-state index is 14.2. The first-order chi connectivity index (χ1) is 18.9. The number of ether oxygens (including phenoxy) is 3. The molecular weight excluding hydrogens is 745 g/mol. The summed E-state index contributed by atoms with van der Waals surface area (Å²) in [6.45, 7) is 0. The Balaban J connectivity index is 7.29. The molecule has 3 unspecified atom stereocenters. The average Bonchev–Trinajstić information content (AvgIpc) is 2.71. The molecule has 0 aliphatic rings. The van der Waals surface area contributed by atoms with Crippen LogP contribution in [0.2, 0.25) is 0 Å². The number of hydrogen-bond donors (Lipinski definition) is 0. The standard InChI is InChI=1S/C14HF27O4/c15-3(16,6(21,22)10(29,30)31)1(5(18,19)20)43-2(42)4(17,9(26,27)28)44-14(40,41)8(25,12(35,36)37)45-13(38,39)7(23,24)11(32,33)34/h1H. The van der Waals surface area contributed by atoms with E-state index in [0.717, 1.165) is 4.74 Å². The van der Waals surface area contributed by atoms with Gasteiger partial charge < -0.3 is 4.74 Å². The van der Waals surface area contributed by atoms with Gasteiger partial charge >= 0.3 is 78.5 Å². The fourth-order valence-corrected chi connectivity index (χ4v) is 2.03. The van der Waals surface area contributed by atoms with Crippen LogP contribution in [-0.2, 0) is 19.0 Å². The minimum atomic E-state index is -8.76. The number of alkyl halides is 27. The van der Waals surface area contributed by atoms with Crippen molar-refractivity contribution in [2.75, 3.05) is 0 Å². The molecule has 31 heteroatoms. The lowest BCUT2D eigenvalue weighted by molar-refractivity contribution is -0.549. The zero-order valence-electron chi connectivity index (χ0n) is 18.9. The molecule has 0 aromatic carbocycles. The van der Waals surface area contributed by atoms with Crippen molar-refractivity contribution >= 4 is 5.97 Å². The molecule has 0 aliphatic carbocycles. The van der Waals surface area contributed by atoms with E-state index < -0.39 is 84.6 Å². The summed E-state index contributed by atoms with van der Waals surface area (Å²) in [5.74, 6) is -47.3. The first-order valence-corrected chi connectivity index (χ1v) is 9.14. The van der Waals surface area contributed by atoms with Crippen LogP contribution in [0, 0.1) is 0 Å². The van der Waals surface area contributed by atoms with Gasteiger partial charge in [0.25, 0.3) is 6.10 Å². The number of halogens is 27. The Morgan fingerprint density at radius 2 is 0.778 bits per heavy atom. The highest BCUT2D eigenvalue weighted by Crippen LogP contribution is 2.57. The van der Waals surface area contributed by atoms with Crippen LogP contribution in [0.3, 0.4) is 0 Å². The Kier molecular flexibility index (Phi) is 10.4. The summed E-state index contributed by atoms with van der Waals surface area (Å²) in [5.41, 5.74) is 0. The van der Waals surface area contributed by atoms with Gasteiger partial charge in [-0.3, -0.25) is 9.47 Å². The van der Waals surface area contributed by atoms with Crippen LogP contribution >= 0.6 is 0 Å². The van der Waals surface area contributed by atoms with Gasteiger partial charge in [-0.05, 0) is 0 Å². The third-order valence-electron chi connectivity index (χ3n) is 4.25. The van der Waals surface area contributed by atoms with Gasteiger partial charge in [0, 0.05) is 0 Å². The van der Waals surface area contributed by atoms with E-state index in [1.54, 1.807) is 4.74 Å². The minimum Gasteiger partial charge on any atom is -0.441 e. The largest absolute Gasteiger partial charge is 0.462 e. The lowest BCUT2D eigenvalue weighted by Crippen LogP contribution is -2.69. The third-order valence-corrected chi connectivity index (χ3v) is 4.25. The summed E-state index contributed by atoms with van der Waals surface area (Å²) >= 11 is 0. The van der Waals surface area contributed by atoms with Gasteiger partial charge in [-0.1, -0.05) is 0 Å². The molecule has 0 N–H and O–H groups in total. The molecule has 0 saturated carbocycles. The van der Waals surface area contributed by atoms with Crippen LogP contribution in [0.15, 0.2) is 0 Å². The summed E-state index contributed by atoms with van der Waals surface area (Å²) in [6.07, 6.45) is -64.4. The molecule has 0 saturated heterocycles. The van der Waals surface area contributed by atoms with Crippen molar-refractivity contribution < 1.29 is 138 Å². The summed E-state index contributed by atoms with van der Waals surface area (Å²) in [4.78, 5) is 11.2. The second-order valence-corrected chi connectivity index (χ2v) is 7.52. The summed E-state index contributed by atoms with van der Waals surface area (Å²) < 4.78 is 352. The van der Waals surface area contributed by atoms with E-state index in [9.17, 15) is 123 Å². The topological polar surface area (TPSA) is 44.8 Å². The number of esters is 1. The predicted octanol–water partition coefficient (Wildman–Crippen LogP) is 8.17. The van der Waals surface area contributed by atoms with E-state index in [1.807, 2.05) is 0 Å². The van der Waals surface area contributed by atoms with Crippen LogP contribution in [0.25, 0.3) is 0 Å². The molecule has 0 aromatic heterocycles. The Labute approximate surface area is 223 Å². The average molecular weight is 746 g/mol. The van der Waals surface area contributed by atoms with Gasteiger partial charge in [-0.15, -0.1) is 0 Å². The second kappa shape index (κ2) is 11.0. The first-order valence-electron chi connectivity index (χ1n) is 9.14. The lowest BCUT2D eigenvalue weighted by atomic mass is 10.0. The fourth-order valence-electron chi connectivity index (χ4n) is 2.03. The lowest BCUT2D eigenvalue weighted by Gasteiger charge is -2.40. The number of rotatable bonds is 10. The molecule has 0 rings (SSSR count). The molecule has 270 valence electrons. The van der Waals surface area contributed by atoms with Crippen molar-refractivity contribution in [1.82, 2.24) is 0 Å². The van der Waals surface area contributed by atoms with Crippen LogP contribution in [0.1, 0.15) is 0 Å². The SMILES string of the molecule is O=C(OC(C(F)(F)F)C(F)(F)C(F)(F)C(F)(F)F)C(F)(OC(F)(F)C(F)(OC(F)(F)C(F)(F)C(F)(F)F)C(F)(F)F)C(F)(F)F. The minimum absolute atomic E-state index is 0.976. The monoisotopic (exact) mass is 746 g/mol. The highest BCUT2D eigenvalue weighted by molar-refractivity contribution is 5.79. The molecule has 0 aromatic rings. The van der Waals surface area contributed by atoms with Crippen molar-refractivity contribution in [2.24, 2.45) is 0 Å². The van der Waals surface area contributed by atoms with Gasteiger partial charge in [0.05, 0.1) is 0 Å². The number of carbonyl (C=O) groups excluding carboxylic acids is 1. The molecular formula is C14HF27O4. The Morgan fingerprint density at radius 3 is 1.04 bits per heavy atom. The maximum Gasteiger partial charge on any atom is 0.462 e. The Hall–Kier alpha value is -2.50. The second-order valence-electron chi connectivity index (χ2n) is 7.52. The van der Waals surface area contributed by atoms with Crippen LogP contribution in [-0.4, -0.2) is 84.6 Å². The van der Waals surface area contributed by atoms with Gasteiger partial charge in [0.2, 0.25) is 0 Å². The van der Waals surface area contributed by atoms with Crippen molar-refractivity contribution in [3.8, 4) is 0 Å². The van der Waals surface area contributed by atoms with Gasteiger partial charge in [-0.25, -0.2) is 4.79 Å². The first kappa shape index (κ1) is 42.5. The Morgan fingerprint density at radius 1 is 0.422 bits per heavy atom. The molecule has 0 bridgehead atoms. The van der Waals surface area contributed by atoms with Crippen LogP contribution < -0.4 is 0 Å². The van der Waals surface area contributed by atoms with Crippen molar-refractivity contribution in [3.05, 3.63) is 0 Å². The third kappa shape index (κ3) is 7.25. The van der Waals surface area contributed by atoms with Gasteiger partial charge in [0.1, 0.15) is 0 Å². The molecule has 3 atom stereocenters. The van der Waals surface area contributed by atoms with E-state index in [0.29, 0.717) is 0 Å². The predicted molar refractivity (Wildman–Crippen MR) is 74.7 cm³/mol. The molecule has 0 fully saturated rings. The smallest absolute Gasteiger partial charge is 0.441 e. The molecule has 45 heavy (non-hydrogen) atoms. The van der Waals surface area contributed by atoms with Gasteiger partial charge in [-0.2, -0.15) is 119 Å². The van der Waals surface area contributed by atoms with Gasteiger partial charge in [0.15, 0.2) is 0 Å². The van der Waals surface area contributed by atoms with E-state index in [4.69, 9.17) is 0 Å². The summed E-state index contributed by atoms with van der Waals surface area (Å²) in [6, 6.07) is 0. The quantitative estimate of drug-likeness (QED) is 0.167. The van der Waals surface area contributed by atoms with E-state index in [1.165, 1.54) is 4.74 Å². The summed E-state index contributed by atoms with van der Waals surface area (Å²) in [5, 5.41) is 0. The Bertz CT molecular complexity index is 1060.